The molecule has 3 rings (SSSR count). The standard InChI is InChI=1S/C19H15ClFNO2S/c1-10-4-5-13(8-11(10)2)12(3)17-18(23)22(19(24)25-17)14-6-7-16(21)15(20)9-14/h4-9H,1-3H3/b17-12-. The minimum atomic E-state index is -0.598. The number of carbonyl (C=O) groups excluding carboxylic acids is 2. The van der Waals surface area contributed by atoms with Crippen molar-refractivity contribution in [3.63, 3.8) is 0 Å². The van der Waals surface area contributed by atoms with Crippen LogP contribution in [0.1, 0.15) is 23.6 Å². The molecule has 1 aliphatic heterocycles. The second kappa shape index (κ2) is 6.65. The summed E-state index contributed by atoms with van der Waals surface area (Å²) in [6.45, 7) is 5.83. The van der Waals surface area contributed by atoms with Crippen LogP contribution in [0.2, 0.25) is 5.02 Å². The fourth-order valence-corrected chi connectivity index (χ4v) is 3.63. The van der Waals surface area contributed by atoms with Crippen LogP contribution in [-0.4, -0.2) is 11.1 Å². The molecule has 2 aromatic carbocycles. The van der Waals surface area contributed by atoms with Crippen LogP contribution in [-0.2, 0) is 4.79 Å². The molecule has 0 spiro atoms. The number of halogens is 2. The number of hydrogen-bond acceptors (Lipinski definition) is 3. The highest BCUT2D eigenvalue weighted by Gasteiger charge is 2.38. The van der Waals surface area contributed by atoms with Crippen LogP contribution < -0.4 is 4.90 Å². The number of nitrogens with zero attached hydrogens (tertiary/aromatic N) is 1. The van der Waals surface area contributed by atoms with Crippen LogP contribution in [0.3, 0.4) is 0 Å². The van der Waals surface area contributed by atoms with E-state index in [1.165, 1.54) is 12.1 Å². The summed E-state index contributed by atoms with van der Waals surface area (Å²) in [7, 11) is 0. The monoisotopic (exact) mass is 375 g/mol. The zero-order valence-electron chi connectivity index (χ0n) is 13.9. The lowest BCUT2D eigenvalue weighted by Gasteiger charge is -2.13. The number of anilines is 1. The summed E-state index contributed by atoms with van der Waals surface area (Å²) in [6, 6.07) is 9.69. The molecule has 25 heavy (non-hydrogen) atoms. The predicted octanol–water partition coefficient (Wildman–Crippen LogP) is 5.73. The van der Waals surface area contributed by atoms with Crippen molar-refractivity contribution in [1.29, 1.82) is 0 Å². The van der Waals surface area contributed by atoms with Gasteiger partial charge in [0.2, 0.25) is 0 Å². The summed E-state index contributed by atoms with van der Waals surface area (Å²) < 4.78 is 13.3. The molecule has 0 aromatic heterocycles. The molecule has 3 nitrogen and oxygen atoms in total. The molecule has 0 unspecified atom stereocenters. The van der Waals surface area contributed by atoms with Gasteiger partial charge in [0.1, 0.15) is 5.82 Å². The number of thioether (sulfide) groups is 1. The Bertz CT molecular complexity index is 939. The van der Waals surface area contributed by atoms with E-state index in [2.05, 4.69) is 0 Å². The van der Waals surface area contributed by atoms with Crippen molar-refractivity contribution in [1.82, 2.24) is 0 Å². The van der Waals surface area contributed by atoms with Gasteiger partial charge in [-0.3, -0.25) is 9.59 Å². The lowest BCUT2D eigenvalue weighted by Crippen LogP contribution is -2.27. The number of hydrogen-bond donors (Lipinski definition) is 0. The largest absolute Gasteiger partial charge is 0.298 e. The second-order valence-corrected chi connectivity index (χ2v) is 7.23. The summed E-state index contributed by atoms with van der Waals surface area (Å²) in [6.07, 6.45) is 0. The van der Waals surface area contributed by atoms with E-state index in [9.17, 15) is 14.0 Å². The molecule has 6 heteroatoms. The molecule has 0 bridgehead atoms. The van der Waals surface area contributed by atoms with Gasteiger partial charge in [-0.25, -0.2) is 9.29 Å². The van der Waals surface area contributed by atoms with Crippen molar-refractivity contribution >= 4 is 45.8 Å². The molecule has 1 aliphatic rings. The van der Waals surface area contributed by atoms with E-state index in [0.717, 1.165) is 45.0 Å². The van der Waals surface area contributed by atoms with E-state index in [1.807, 2.05) is 39.0 Å². The Hall–Kier alpha value is -2.11. The summed E-state index contributed by atoms with van der Waals surface area (Å²) >= 11 is 6.65. The van der Waals surface area contributed by atoms with Crippen LogP contribution in [0.5, 0.6) is 0 Å². The first-order valence-corrected chi connectivity index (χ1v) is 8.79. The van der Waals surface area contributed by atoms with Crippen molar-refractivity contribution in [2.24, 2.45) is 0 Å². The zero-order valence-corrected chi connectivity index (χ0v) is 15.5. The van der Waals surface area contributed by atoms with E-state index < -0.39 is 17.0 Å². The fourth-order valence-electron chi connectivity index (χ4n) is 2.55. The van der Waals surface area contributed by atoms with Gasteiger partial charge >= 0.3 is 0 Å². The number of benzene rings is 2. The average molecular weight is 376 g/mol. The van der Waals surface area contributed by atoms with Crippen LogP contribution in [0.25, 0.3) is 5.57 Å². The molecule has 0 N–H and O–H groups in total. The van der Waals surface area contributed by atoms with Gasteiger partial charge in [0.15, 0.2) is 0 Å². The van der Waals surface area contributed by atoms with Gasteiger partial charge in [-0.1, -0.05) is 29.8 Å². The third-order valence-corrected chi connectivity index (χ3v) is 5.54. The van der Waals surface area contributed by atoms with Crippen LogP contribution >= 0.6 is 23.4 Å². The van der Waals surface area contributed by atoms with Gasteiger partial charge in [0.25, 0.3) is 11.1 Å². The summed E-state index contributed by atoms with van der Waals surface area (Å²) in [5.41, 5.74) is 4.16. The zero-order chi connectivity index (χ0) is 18.3. The van der Waals surface area contributed by atoms with Crippen molar-refractivity contribution in [3.8, 4) is 0 Å². The van der Waals surface area contributed by atoms with Crippen molar-refractivity contribution < 1.29 is 14.0 Å². The second-order valence-electron chi connectivity index (χ2n) is 5.86. The molecule has 128 valence electrons. The number of carbonyl (C=O) groups is 2. The number of amides is 2. The first-order valence-electron chi connectivity index (χ1n) is 7.59. The van der Waals surface area contributed by atoms with Gasteiger partial charge in [-0.2, -0.15) is 0 Å². The number of rotatable bonds is 2. The minimum Gasteiger partial charge on any atom is -0.268 e. The SMILES string of the molecule is C/C(=C1/SC(=O)N(c2ccc(F)c(Cl)c2)C1=O)c1ccc(C)c(C)c1. The predicted molar refractivity (Wildman–Crippen MR) is 100 cm³/mol. The summed E-state index contributed by atoms with van der Waals surface area (Å²) in [5, 5.41) is -0.558. The lowest BCUT2D eigenvalue weighted by atomic mass is 10.0. The number of allylic oxidation sites excluding steroid dienone is 1. The van der Waals surface area contributed by atoms with Gasteiger partial charge in [-0.15, -0.1) is 0 Å². The van der Waals surface area contributed by atoms with Crippen molar-refractivity contribution in [2.75, 3.05) is 4.90 Å². The molecule has 1 saturated heterocycles. The Morgan fingerprint density at radius 2 is 1.80 bits per heavy atom. The first kappa shape index (κ1) is 17.7. The molecule has 0 radical (unpaired) electrons. The van der Waals surface area contributed by atoms with E-state index in [1.54, 1.807) is 0 Å². The molecule has 0 saturated carbocycles. The van der Waals surface area contributed by atoms with E-state index in [-0.39, 0.29) is 10.7 Å². The Balaban J connectivity index is 2.02. The Kier molecular flexibility index (Phi) is 4.71. The molecule has 1 heterocycles. The summed E-state index contributed by atoms with van der Waals surface area (Å²) in [4.78, 5) is 26.5. The Morgan fingerprint density at radius 1 is 1.08 bits per heavy atom. The molecular formula is C19H15ClFNO2S. The highest BCUT2D eigenvalue weighted by molar-refractivity contribution is 8.19. The maximum Gasteiger partial charge on any atom is 0.298 e. The van der Waals surface area contributed by atoms with Gasteiger partial charge in [-0.05, 0) is 73.0 Å². The smallest absolute Gasteiger partial charge is 0.268 e. The Labute approximate surface area is 154 Å². The van der Waals surface area contributed by atoms with Crippen LogP contribution in [0.4, 0.5) is 14.9 Å². The number of imide groups is 1. The summed E-state index contributed by atoms with van der Waals surface area (Å²) in [5.74, 6) is -1.02. The topological polar surface area (TPSA) is 37.4 Å². The van der Waals surface area contributed by atoms with Crippen LogP contribution in [0, 0.1) is 19.7 Å². The maximum atomic E-state index is 13.3. The highest BCUT2D eigenvalue weighted by atomic mass is 35.5. The van der Waals surface area contributed by atoms with Crippen molar-refractivity contribution in [3.05, 3.63) is 68.8 Å². The maximum absolute atomic E-state index is 13.3. The molecule has 2 amide bonds. The average Bonchev–Trinajstić information content (AvgIpc) is 2.87. The third kappa shape index (κ3) is 3.22. The van der Waals surface area contributed by atoms with Gasteiger partial charge in [0, 0.05) is 0 Å². The highest BCUT2D eigenvalue weighted by Crippen LogP contribution is 2.39. The first-order chi connectivity index (χ1) is 11.8. The molecule has 2 aromatic rings. The van der Waals surface area contributed by atoms with Crippen LogP contribution in [0.15, 0.2) is 41.3 Å². The van der Waals surface area contributed by atoms with Crippen molar-refractivity contribution in [2.45, 2.75) is 20.8 Å². The fraction of sp³-hybridized carbons (Fsp3) is 0.158. The minimum absolute atomic E-state index is 0.133. The number of aryl methyl sites for hydroxylation is 2. The van der Waals surface area contributed by atoms with E-state index in [0.29, 0.717) is 4.91 Å². The lowest BCUT2D eigenvalue weighted by molar-refractivity contribution is -0.113. The third-order valence-electron chi connectivity index (χ3n) is 4.21. The molecule has 1 fully saturated rings. The van der Waals surface area contributed by atoms with E-state index >= 15 is 0 Å². The molecule has 0 atom stereocenters. The van der Waals surface area contributed by atoms with Gasteiger partial charge in [0.05, 0.1) is 15.6 Å². The van der Waals surface area contributed by atoms with Gasteiger partial charge < -0.3 is 0 Å². The molecule has 0 aliphatic carbocycles. The van der Waals surface area contributed by atoms with E-state index in [4.69, 9.17) is 11.6 Å². The molecular weight excluding hydrogens is 361 g/mol. The Morgan fingerprint density at radius 3 is 2.44 bits per heavy atom. The quantitative estimate of drug-likeness (QED) is 0.629. The normalized spacial score (nSPS) is 16.6.